The first kappa shape index (κ1) is 20.4. The highest BCUT2D eigenvalue weighted by Gasteiger charge is 1.79. The molecule has 2 nitrogen and oxygen atoms in total. The molecule has 20 heavy (non-hydrogen) atoms. The fraction of sp³-hybridized carbons (Fsp3) is 0.222. The molecule has 2 rings (SSSR count). The topological polar surface area (TPSA) is 51.7 Å². The quantitative estimate of drug-likeness (QED) is 0.844. The van der Waals surface area contributed by atoms with Gasteiger partial charge in [-0.25, -0.2) is 0 Å². The fourth-order valence-electron chi connectivity index (χ4n) is 1.23. The third-order valence-electron chi connectivity index (χ3n) is 2.25. The molecule has 2 aromatic carbocycles. The van der Waals surface area contributed by atoms with E-state index >= 15 is 0 Å². The Balaban J connectivity index is 0. The van der Waals surface area contributed by atoms with Crippen molar-refractivity contribution in [2.45, 2.75) is 20.8 Å². The van der Waals surface area contributed by atoms with Gasteiger partial charge in [0, 0.05) is 6.61 Å². The smallest absolute Gasteiger partial charge is 0.0402 e. The Bertz CT molecular complexity index is 412. The van der Waals surface area contributed by atoms with E-state index in [0.29, 0.717) is 0 Å². The maximum absolute atomic E-state index is 7.57. The summed E-state index contributed by atoms with van der Waals surface area (Å²) in [4.78, 5) is 0. The first-order chi connectivity index (χ1) is 9.13. The minimum Gasteiger partial charge on any atom is -0.412 e. The molecule has 0 amide bonds. The first-order valence-corrected chi connectivity index (χ1v) is 6.45. The summed E-state index contributed by atoms with van der Waals surface area (Å²) in [5.41, 5.74) is 3.83. The summed E-state index contributed by atoms with van der Waals surface area (Å²) in [6.45, 7) is 9.75. The van der Waals surface area contributed by atoms with Gasteiger partial charge in [-0.1, -0.05) is 78.4 Å². The maximum atomic E-state index is 7.57. The van der Waals surface area contributed by atoms with E-state index in [0.717, 1.165) is 0 Å². The zero-order valence-electron chi connectivity index (χ0n) is 12.6. The fourth-order valence-corrected chi connectivity index (χ4v) is 1.23. The van der Waals surface area contributed by atoms with Gasteiger partial charge < -0.3 is 10.6 Å². The largest absolute Gasteiger partial charge is 0.412 e. The molecule has 0 saturated heterocycles. The molecule has 0 heterocycles. The standard InChI is InChI=1S/C8H10.C8H8.C2H6O.H2O/c1-7-3-5-8(2)6-4-7;1-2-8-6-4-3-5-7-8;1-2-3;/h3-6H,1-2H3;2-7H,1H2;3H,2H2,1H3;1H2. The third kappa shape index (κ3) is 11.2. The van der Waals surface area contributed by atoms with Crippen LogP contribution in [0.2, 0.25) is 0 Å². The summed E-state index contributed by atoms with van der Waals surface area (Å²) < 4.78 is 0. The van der Waals surface area contributed by atoms with Gasteiger partial charge in [-0.15, -0.1) is 0 Å². The molecule has 0 atom stereocenters. The van der Waals surface area contributed by atoms with E-state index < -0.39 is 0 Å². The van der Waals surface area contributed by atoms with Gasteiger partial charge in [-0.2, -0.15) is 0 Å². The minimum atomic E-state index is 0. The van der Waals surface area contributed by atoms with E-state index in [1.807, 2.05) is 36.4 Å². The van der Waals surface area contributed by atoms with Crippen molar-refractivity contribution in [3.63, 3.8) is 0 Å². The lowest BCUT2D eigenvalue weighted by molar-refractivity contribution is 0.318. The van der Waals surface area contributed by atoms with Gasteiger partial charge in [0.15, 0.2) is 0 Å². The maximum Gasteiger partial charge on any atom is 0.0402 e. The van der Waals surface area contributed by atoms with Crippen molar-refractivity contribution in [2.24, 2.45) is 0 Å². The normalized spacial score (nSPS) is 8.00. The molecule has 0 aliphatic heterocycles. The highest BCUT2D eigenvalue weighted by atomic mass is 16.2. The van der Waals surface area contributed by atoms with Crippen molar-refractivity contribution in [1.82, 2.24) is 0 Å². The molecule has 0 aliphatic carbocycles. The Morgan fingerprint density at radius 1 is 0.900 bits per heavy atom. The summed E-state index contributed by atoms with van der Waals surface area (Å²) in [5, 5.41) is 7.57. The molecule has 110 valence electrons. The average molecular weight is 274 g/mol. The van der Waals surface area contributed by atoms with Gasteiger partial charge in [0.05, 0.1) is 0 Å². The number of rotatable bonds is 1. The molecular weight excluding hydrogens is 248 g/mol. The van der Waals surface area contributed by atoms with Gasteiger partial charge in [0.2, 0.25) is 0 Å². The SMILES string of the molecule is C=Cc1ccccc1.CCO.Cc1ccc(C)cc1.O. The van der Waals surface area contributed by atoms with Crippen molar-refractivity contribution in [2.75, 3.05) is 6.61 Å². The number of hydrogen-bond donors (Lipinski definition) is 1. The van der Waals surface area contributed by atoms with Crippen molar-refractivity contribution >= 4 is 6.08 Å². The van der Waals surface area contributed by atoms with Crippen molar-refractivity contribution in [3.8, 4) is 0 Å². The number of aliphatic hydroxyl groups excluding tert-OH is 1. The second-order valence-electron chi connectivity index (χ2n) is 4.09. The predicted molar refractivity (Wildman–Crippen MR) is 88.8 cm³/mol. The van der Waals surface area contributed by atoms with Crippen LogP contribution in [0.4, 0.5) is 0 Å². The zero-order chi connectivity index (χ0) is 14.5. The van der Waals surface area contributed by atoms with Crippen LogP contribution in [0.1, 0.15) is 23.6 Å². The summed E-state index contributed by atoms with van der Waals surface area (Å²) in [5.74, 6) is 0. The van der Waals surface area contributed by atoms with Crippen molar-refractivity contribution in [3.05, 3.63) is 77.9 Å². The van der Waals surface area contributed by atoms with E-state index in [4.69, 9.17) is 5.11 Å². The van der Waals surface area contributed by atoms with E-state index in [2.05, 4.69) is 44.7 Å². The number of hydrogen-bond acceptors (Lipinski definition) is 1. The second-order valence-corrected chi connectivity index (χ2v) is 4.09. The van der Waals surface area contributed by atoms with E-state index in [1.165, 1.54) is 16.7 Å². The van der Waals surface area contributed by atoms with Crippen LogP contribution in [0.5, 0.6) is 0 Å². The van der Waals surface area contributed by atoms with Crippen LogP contribution in [0.3, 0.4) is 0 Å². The monoisotopic (exact) mass is 274 g/mol. The Kier molecular flexibility index (Phi) is 13.8. The van der Waals surface area contributed by atoms with Crippen LogP contribution in [-0.2, 0) is 0 Å². The lowest BCUT2D eigenvalue weighted by Gasteiger charge is -1.90. The predicted octanol–water partition coefficient (Wildman–Crippen LogP) is 3.81. The summed E-state index contributed by atoms with van der Waals surface area (Å²) in [6.07, 6.45) is 1.83. The van der Waals surface area contributed by atoms with E-state index in [1.54, 1.807) is 6.92 Å². The van der Waals surface area contributed by atoms with E-state index in [9.17, 15) is 0 Å². The summed E-state index contributed by atoms with van der Waals surface area (Å²) >= 11 is 0. The summed E-state index contributed by atoms with van der Waals surface area (Å²) in [6, 6.07) is 18.5. The molecule has 2 heteroatoms. The molecule has 0 unspecified atom stereocenters. The number of benzene rings is 2. The lowest BCUT2D eigenvalue weighted by Crippen LogP contribution is -1.70. The Morgan fingerprint density at radius 2 is 1.25 bits per heavy atom. The molecule has 3 N–H and O–H groups in total. The zero-order valence-corrected chi connectivity index (χ0v) is 12.6. The molecule has 0 aliphatic rings. The van der Waals surface area contributed by atoms with Crippen LogP contribution in [0, 0.1) is 13.8 Å². The Morgan fingerprint density at radius 3 is 1.50 bits per heavy atom. The number of aliphatic hydroxyl groups is 1. The minimum absolute atomic E-state index is 0. The molecular formula is C18H26O2. The molecule has 0 spiro atoms. The highest BCUT2D eigenvalue weighted by molar-refractivity contribution is 5.45. The molecule has 0 radical (unpaired) electrons. The lowest BCUT2D eigenvalue weighted by atomic mass is 10.2. The van der Waals surface area contributed by atoms with Gasteiger partial charge in [0.25, 0.3) is 0 Å². The van der Waals surface area contributed by atoms with Crippen LogP contribution in [0.15, 0.2) is 61.2 Å². The Hall–Kier alpha value is -1.90. The van der Waals surface area contributed by atoms with E-state index in [-0.39, 0.29) is 12.1 Å². The van der Waals surface area contributed by atoms with Crippen LogP contribution in [0.25, 0.3) is 6.08 Å². The molecule has 0 bridgehead atoms. The van der Waals surface area contributed by atoms with Gasteiger partial charge in [-0.3, -0.25) is 0 Å². The van der Waals surface area contributed by atoms with Crippen molar-refractivity contribution < 1.29 is 10.6 Å². The summed E-state index contributed by atoms with van der Waals surface area (Å²) in [7, 11) is 0. The average Bonchev–Trinajstić information content (AvgIpc) is 2.45. The van der Waals surface area contributed by atoms with Crippen molar-refractivity contribution in [1.29, 1.82) is 0 Å². The molecule has 2 aromatic rings. The van der Waals surface area contributed by atoms with Gasteiger partial charge in [-0.05, 0) is 26.3 Å². The first-order valence-electron chi connectivity index (χ1n) is 6.45. The van der Waals surface area contributed by atoms with Gasteiger partial charge in [0.1, 0.15) is 0 Å². The molecule has 0 saturated carbocycles. The van der Waals surface area contributed by atoms with Crippen LogP contribution >= 0.6 is 0 Å². The van der Waals surface area contributed by atoms with Gasteiger partial charge >= 0.3 is 0 Å². The number of aryl methyl sites for hydroxylation is 2. The second kappa shape index (κ2) is 13.5. The van der Waals surface area contributed by atoms with Crippen LogP contribution < -0.4 is 0 Å². The third-order valence-corrected chi connectivity index (χ3v) is 2.25. The molecule has 0 fully saturated rings. The Labute approximate surface area is 122 Å². The van der Waals surface area contributed by atoms with Crippen LogP contribution in [-0.4, -0.2) is 17.2 Å². The highest BCUT2D eigenvalue weighted by Crippen LogP contribution is 1.99. The molecule has 0 aromatic heterocycles.